The van der Waals surface area contributed by atoms with Crippen LogP contribution in [0.3, 0.4) is 0 Å². The molecule has 7 heteroatoms. The molecule has 3 rings (SSSR count). The molecule has 0 radical (unpaired) electrons. The molecule has 0 saturated heterocycles. The number of nitrogens with zero attached hydrogens (tertiary/aromatic N) is 4. The summed E-state index contributed by atoms with van der Waals surface area (Å²) in [6, 6.07) is 5.44. The minimum atomic E-state index is -0.354. The Morgan fingerprint density at radius 3 is 2.65 bits per heavy atom. The smallest absolute Gasteiger partial charge is 0.275 e. The number of hydrogen-bond donors (Lipinski definition) is 2. The van der Waals surface area contributed by atoms with Gasteiger partial charge in [0, 0.05) is 25.0 Å². The highest BCUT2D eigenvalue weighted by atomic mass is 16.1. The van der Waals surface area contributed by atoms with Gasteiger partial charge < -0.3 is 11.1 Å². The predicted molar refractivity (Wildman–Crippen MR) is 87.8 cm³/mol. The van der Waals surface area contributed by atoms with Crippen molar-refractivity contribution in [2.45, 2.75) is 6.92 Å². The van der Waals surface area contributed by atoms with Crippen molar-refractivity contribution < 1.29 is 4.79 Å². The van der Waals surface area contributed by atoms with Crippen molar-refractivity contribution in [2.75, 3.05) is 11.1 Å². The highest BCUT2D eigenvalue weighted by molar-refractivity contribution is 6.04. The molecule has 1 aromatic carbocycles. The van der Waals surface area contributed by atoms with E-state index in [-0.39, 0.29) is 11.6 Å². The van der Waals surface area contributed by atoms with Gasteiger partial charge in [0.15, 0.2) is 0 Å². The van der Waals surface area contributed by atoms with E-state index in [1.54, 1.807) is 23.1 Å². The molecule has 0 unspecified atom stereocenters. The van der Waals surface area contributed by atoms with Crippen molar-refractivity contribution in [2.24, 2.45) is 7.05 Å². The summed E-state index contributed by atoms with van der Waals surface area (Å²) in [4.78, 5) is 20.4. The van der Waals surface area contributed by atoms with Crippen molar-refractivity contribution in [3.05, 3.63) is 54.4 Å². The van der Waals surface area contributed by atoms with E-state index in [0.29, 0.717) is 11.4 Å². The highest BCUT2D eigenvalue weighted by Gasteiger charge is 2.11. The molecule has 0 bridgehead atoms. The monoisotopic (exact) mass is 308 g/mol. The molecule has 3 aromatic rings. The lowest BCUT2D eigenvalue weighted by Crippen LogP contribution is -2.15. The summed E-state index contributed by atoms with van der Waals surface area (Å²) in [5, 5.41) is 6.91. The lowest BCUT2D eigenvalue weighted by atomic mass is 10.1. The van der Waals surface area contributed by atoms with Crippen LogP contribution in [0.4, 0.5) is 11.4 Å². The SMILES string of the molecule is Cc1cnc(C(=O)Nc2cc(-c3cnn(C)c3)ccc2N)cn1. The van der Waals surface area contributed by atoms with Gasteiger partial charge in [0.2, 0.25) is 0 Å². The number of benzene rings is 1. The summed E-state index contributed by atoms with van der Waals surface area (Å²) in [5.41, 5.74) is 9.80. The van der Waals surface area contributed by atoms with E-state index in [9.17, 15) is 4.79 Å². The molecule has 2 aromatic heterocycles. The standard InChI is InChI=1S/C16H16N6O/c1-10-6-19-15(8-18-10)16(23)21-14-5-11(3-4-13(14)17)12-7-20-22(2)9-12/h3-9H,17H2,1-2H3,(H,21,23). The first-order valence-electron chi connectivity index (χ1n) is 7.01. The fourth-order valence-electron chi connectivity index (χ4n) is 2.11. The van der Waals surface area contributed by atoms with E-state index in [4.69, 9.17) is 5.73 Å². The summed E-state index contributed by atoms with van der Waals surface area (Å²) < 4.78 is 1.71. The average Bonchev–Trinajstić information content (AvgIpc) is 2.96. The molecular weight excluding hydrogens is 292 g/mol. The van der Waals surface area contributed by atoms with Gasteiger partial charge in [-0.1, -0.05) is 6.07 Å². The van der Waals surface area contributed by atoms with Gasteiger partial charge in [-0.25, -0.2) is 4.98 Å². The van der Waals surface area contributed by atoms with Gasteiger partial charge in [-0.15, -0.1) is 0 Å². The number of nitrogen functional groups attached to an aromatic ring is 1. The second kappa shape index (κ2) is 5.88. The van der Waals surface area contributed by atoms with Crippen LogP contribution in [-0.4, -0.2) is 25.7 Å². The first-order valence-corrected chi connectivity index (χ1v) is 7.01. The average molecular weight is 308 g/mol. The third kappa shape index (κ3) is 3.18. The highest BCUT2D eigenvalue weighted by Crippen LogP contribution is 2.27. The minimum Gasteiger partial charge on any atom is -0.397 e. The Hall–Kier alpha value is -3.22. The number of anilines is 2. The predicted octanol–water partition coefficient (Wildman–Crippen LogP) is 2.02. The Morgan fingerprint density at radius 2 is 2.00 bits per heavy atom. The molecule has 1 amide bonds. The summed E-state index contributed by atoms with van der Waals surface area (Å²) >= 11 is 0. The van der Waals surface area contributed by atoms with Gasteiger partial charge in [-0.05, 0) is 24.6 Å². The zero-order chi connectivity index (χ0) is 16.4. The zero-order valence-corrected chi connectivity index (χ0v) is 12.8. The van der Waals surface area contributed by atoms with Gasteiger partial charge in [0.1, 0.15) is 5.69 Å². The van der Waals surface area contributed by atoms with Crippen LogP contribution < -0.4 is 11.1 Å². The maximum absolute atomic E-state index is 12.2. The molecule has 0 aliphatic carbocycles. The van der Waals surface area contributed by atoms with Crippen LogP contribution in [0.15, 0.2) is 43.0 Å². The van der Waals surface area contributed by atoms with Gasteiger partial charge in [-0.2, -0.15) is 5.10 Å². The molecule has 116 valence electrons. The van der Waals surface area contributed by atoms with E-state index < -0.39 is 0 Å². The molecular formula is C16H16N6O. The van der Waals surface area contributed by atoms with Gasteiger partial charge in [0.25, 0.3) is 5.91 Å². The summed E-state index contributed by atoms with van der Waals surface area (Å²) in [6.45, 7) is 1.81. The Morgan fingerprint density at radius 1 is 1.17 bits per heavy atom. The number of hydrogen-bond acceptors (Lipinski definition) is 5. The van der Waals surface area contributed by atoms with E-state index in [0.717, 1.165) is 16.8 Å². The second-order valence-corrected chi connectivity index (χ2v) is 5.20. The van der Waals surface area contributed by atoms with E-state index >= 15 is 0 Å². The van der Waals surface area contributed by atoms with Gasteiger partial charge in [-0.3, -0.25) is 14.5 Å². The van der Waals surface area contributed by atoms with Crippen LogP contribution in [0.1, 0.15) is 16.2 Å². The normalized spacial score (nSPS) is 10.5. The van der Waals surface area contributed by atoms with Crippen molar-refractivity contribution >= 4 is 17.3 Å². The maximum Gasteiger partial charge on any atom is 0.275 e. The maximum atomic E-state index is 12.2. The third-order valence-electron chi connectivity index (χ3n) is 3.35. The molecule has 2 heterocycles. The second-order valence-electron chi connectivity index (χ2n) is 5.20. The number of amides is 1. The molecule has 0 aliphatic heterocycles. The lowest BCUT2D eigenvalue weighted by molar-refractivity contribution is 0.102. The topological polar surface area (TPSA) is 98.7 Å². The number of aryl methyl sites for hydroxylation is 2. The molecule has 0 spiro atoms. The molecule has 0 saturated carbocycles. The number of aromatic nitrogens is 4. The summed E-state index contributed by atoms with van der Waals surface area (Å²) in [5.74, 6) is -0.354. The fourth-order valence-corrected chi connectivity index (χ4v) is 2.11. The quantitative estimate of drug-likeness (QED) is 0.721. The van der Waals surface area contributed by atoms with Crippen LogP contribution in [0.2, 0.25) is 0 Å². The van der Waals surface area contributed by atoms with E-state index in [1.807, 2.05) is 32.3 Å². The minimum absolute atomic E-state index is 0.238. The largest absolute Gasteiger partial charge is 0.397 e. The van der Waals surface area contributed by atoms with Gasteiger partial charge in [0.05, 0.1) is 29.5 Å². The van der Waals surface area contributed by atoms with Crippen LogP contribution in [0.5, 0.6) is 0 Å². The van der Waals surface area contributed by atoms with Crippen LogP contribution in [0, 0.1) is 6.92 Å². The number of rotatable bonds is 3. The third-order valence-corrected chi connectivity index (χ3v) is 3.35. The molecule has 0 atom stereocenters. The fraction of sp³-hybridized carbons (Fsp3) is 0.125. The molecule has 7 nitrogen and oxygen atoms in total. The summed E-state index contributed by atoms with van der Waals surface area (Å²) in [6.07, 6.45) is 6.63. The van der Waals surface area contributed by atoms with Crippen molar-refractivity contribution in [1.29, 1.82) is 0 Å². The lowest BCUT2D eigenvalue weighted by Gasteiger charge is -2.09. The Kier molecular flexibility index (Phi) is 3.76. The zero-order valence-electron chi connectivity index (χ0n) is 12.8. The molecule has 3 N–H and O–H groups in total. The molecule has 0 fully saturated rings. The number of carbonyl (C=O) groups is 1. The van der Waals surface area contributed by atoms with Crippen molar-refractivity contribution in [3.63, 3.8) is 0 Å². The number of nitrogens with one attached hydrogen (secondary N) is 1. The van der Waals surface area contributed by atoms with Crippen molar-refractivity contribution in [3.8, 4) is 11.1 Å². The van der Waals surface area contributed by atoms with Crippen LogP contribution >= 0.6 is 0 Å². The Labute approximate surface area is 133 Å². The van der Waals surface area contributed by atoms with Gasteiger partial charge >= 0.3 is 0 Å². The van der Waals surface area contributed by atoms with Crippen molar-refractivity contribution in [1.82, 2.24) is 19.7 Å². The van der Waals surface area contributed by atoms with Crippen LogP contribution in [0.25, 0.3) is 11.1 Å². The first kappa shape index (κ1) is 14.7. The Balaban J connectivity index is 1.87. The molecule has 23 heavy (non-hydrogen) atoms. The van der Waals surface area contributed by atoms with E-state index in [2.05, 4.69) is 20.4 Å². The molecule has 0 aliphatic rings. The Bertz CT molecular complexity index is 853. The van der Waals surface area contributed by atoms with Crippen LogP contribution in [-0.2, 0) is 7.05 Å². The summed E-state index contributed by atoms with van der Waals surface area (Å²) in [7, 11) is 1.85. The first-order chi connectivity index (χ1) is 11.0. The van der Waals surface area contributed by atoms with E-state index in [1.165, 1.54) is 6.20 Å². The number of nitrogens with two attached hydrogens (primary N) is 1. The number of carbonyl (C=O) groups excluding carboxylic acids is 1.